The smallest absolute Gasteiger partial charge is 0.267 e. The fraction of sp³-hybridized carbons (Fsp3) is 0.120. The summed E-state index contributed by atoms with van der Waals surface area (Å²) >= 11 is 7.67. The van der Waals surface area contributed by atoms with Gasteiger partial charge in [-0.05, 0) is 38.1 Å². The van der Waals surface area contributed by atoms with Crippen molar-refractivity contribution in [3.63, 3.8) is 0 Å². The molecule has 0 spiro atoms. The van der Waals surface area contributed by atoms with Crippen molar-refractivity contribution in [2.45, 2.75) is 13.8 Å². The second kappa shape index (κ2) is 8.55. The van der Waals surface area contributed by atoms with Crippen molar-refractivity contribution in [3.05, 3.63) is 92.4 Å². The standard InChI is InChI=1S/C25H20ClN5O2S/c1-14-11-20(21-13-34-24(27-21)16-7-6-8-17(26)12-16)15(2)31(14)29-23(32)22-18-9-4-5-10-19(18)25(33)30(3)28-22/h4-13H,1-3H3,(H,29,32). The molecule has 0 radical (unpaired) electrons. The minimum atomic E-state index is -0.405. The van der Waals surface area contributed by atoms with Crippen LogP contribution >= 0.6 is 22.9 Å². The van der Waals surface area contributed by atoms with Crippen LogP contribution in [-0.4, -0.2) is 25.3 Å². The van der Waals surface area contributed by atoms with Crippen molar-refractivity contribution in [1.29, 1.82) is 0 Å². The molecule has 0 atom stereocenters. The van der Waals surface area contributed by atoms with Crippen LogP contribution in [0.25, 0.3) is 32.6 Å². The van der Waals surface area contributed by atoms with Gasteiger partial charge >= 0.3 is 0 Å². The van der Waals surface area contributed by atoms with E-state index in [1.165, 1.54) is 23.1 Å². The maximum Gasteiger partial charge on any atom is 0.291 e. The number of fused-ring (bicyclic) bond motifs is 1. The molecule has 0 aliphatic rings. The Kier molecular flexibility index (Phi) is 5.55. The van der Waals surface area contributed by atoms with Crippen LogP contribution in [0.4, 0.5) is 0 Å². The van der Waals surface area contributed by atoms with Crippen molar-refractivity contribution in [1.82, 2.24) is 19.4 Å². The molecule has 3 heterocycles. The first-order valence-corrected chi connectivity index (χ1v) is 11.8. The molecule has 2 aromatic carbocycles. The third-order valence-corrected chi connectivity index (χ3v) is 6.79. The zero-order valence-electron chi connectivity index (χ0n) is 18.7. The van der Waals surface area contributed by atoms with E-state index in [0.717, 1.165) is 33.2 Å². The van der Waals surface area contributed by atoms with E-state index >= 15 is 0 Å². The molecule has 1 N–H and O–H groups in total. The van der Waals surface area contributed by atoms with Gasteiger partial charge < -0.3 is 0 Å². The van der Waals surface area contributed by atoms with Crippen LogP contribution in [0.5, 0.6) is 0 Å². The van der Waals surface area contributed by atoms with Crippen molar-refractivity contribution in [2.75, 3.05) is 5.43 Å². The Morgan fingerprint density at radius 2 is 1.82 bits per heavy atom. The molecule has 0 unspecified atom stereocenters. The topological polar surface area (TPSA) is 81.8 Å². The minimum absolute atomic E-state index is 0.184. The number of thiazole rings is 1. The maximum atomic E-state index is 13.2. The van der Waals surface area contributed by atoms with Gasteiger partial charge in [0.2, 0.25) is 0 Å². The van der Waals surface area contributed by atoms with E-state index < -0.39 is 5.91 Å². The molecule has 5 rings (SSSR count). The molecule has 0 saturated heterocycles. The number of benzene rings is 2. The van der Waals surface area contributed by atoms with Gasteiger partial charge in [0.1, 0.15) is 5.01 Å². The fourth-order valence-corrected chi connectivity index (χ4v) is 4.97. The van der Waals surface area contributed by atoms with Gasteiger partial charge in [-0.1, -0.05) is 41.9 Å². The zero-order chi connectivity index (χ0) is 24.0. The number of nitrogens with one attached hydrogen (secondary N) is 1. The van der Waals surface area contributed by atoms with Gasteiger partial charge in [-0.2, -0.15) is 5.10 Å². The number of carbonyl (C=O) groups excluding carboxylic acids is 1. The van der Waals surface area contributed by atoms with Gasteiger partial charge in [-0.25, -0.2) is 9.67 Å². The van der Waals surface area contributed by atoms with E-state index in [-0.39, 0.29) is 11.3 Å². The van der Waals surface area contributed by atoms with E-state index in [1.807, 2.05) is 49.6 Å². The number of hydrogen-bond donors (Lipinski definition) is 1. The third kappa shape index (κ3) is 3.81. The van der Waals surface area contributed by atoms with E-state index in [2.05, 4.69) is 10.5 Å². The second-order valence-corrected chi connectivity index (χ2v) is 9.23. The van der Waals surface area contributed by atoms with Crippen molar-refractivity contribution in [2.24, 2.45) is 7.05 Å². The summed E-state index contributed by atoms with van der Waals surface area (Å²) in [7, 11) is 1.54. The Balaban J connectivity index is 1.49. The molecule has 0 aliphatic heterocycles. The first kappa shape index (κ1) is 22.1. The van der Waals surface area contributed by atoms with E-state index in [4.69, 9.17) is 16.6 Å². The molecule has 0 fully saturated rings. The number of halogens is 1. The number of aromatic nitrogens is 4. The molecule has 170 valence electrons. The third-order valence-electron chi connectivity index (χ3n) is 5.67. The molecule has 0 saturated carbocycles. The van der Waals surface area contributed by atoms with Gasteiger partial charge in [0.25, 0.3) is 11.5 Å². The summed E-state index contributed by atoms with van der Waals surface area (Å²) in [6.45, 7) is 3.83. The summed E-state index contributed by atoms with van der Waals surface area (Å²) in [5.74, 6) is -0.405. The predicted octanol–water partition coefficient (Wildman–Crippen LogP) is 5.18. The summed E-state index contributed by atoms with van der Waals surface area (Å²) in [4.78, 5) is 30.4. The number of rotatable bonds is 4. The lowest BCUT2D eigenvalue weighted by Gasteiger charge is -2.13. The Labute approximate surface area is 204 Å². The molecule has 1 amide bonds. The summed E-state index contributed by atoms with van der Waals surface area (Å²) in [6.07, 6.45) is 0. The van der Waals surface area contributed by atoms with Crippen molar-refractivity contribution >= 4 is 39.6 Å². The van der Waals surface area contributed by atoms with E-state index in [0.29, 0.717) is 15.8 Å². The largest absolute Gasteiger partial charge is 0.291 e. The molecule has 9 heteroatoms. The average molecular weight is 490 g/mol. The SMILES string of the molecule is Cc1cc(-c2csc(-c3cccc(Cl)c3)n2)c(C)n1NC(=O)c1nn(C)c(=O)c2ccccc12. The van der Waals surface area contributed by atoms with E-state index in [9.17, 15) is 9.59 Å². The van der Waals surface area contributed by atoms with Gasteiger partial charge in [0, 0.05) is 45.4 Å². The highest BCUT2D eigenvalue weighted by molar-refractivity contribution is 7.13. The molecule has 5 aromatic rings. The first-order chi connectivity index (χ1) is 16.3. The van der Waals surface area contributed by atoms with Crippen molar-refractivity contribution in [3.8, 4) is 21.8 Å². The maximum absolute atomic E-state index is 13.2. The highest BCUT2D eigenvalue weighted by atomic mass is 35.5. The Bertz CT molecular complexity index is 1630. The van der Waals surface area contributed by atoms with E-state index in [1.54, 1.807) is 28.9 Å². The Morgan fingerprint density at radius 3 is 2.59 bits per heavy atom. The van der Waals surface area contributed by atoms with Crippen LogP contribution in [0.1, 0.15) is 21.9 Å². The van der Waals surface area contributed by atoms with Gasteiger partial charge in [-0.15, -0.1) is 11.3 Å². The van der Waals surface area contributed by atoms with Gasteiger partial charge in [-0.3, -0.25) is 19.7 Å². The summed E-state index contributed by atoms with van der Waals surface area (Å²) in [6, 6.07) is 16.6. The predicted molar refractivity (Wildman–Crippen MR) is 136 cm³/mol. The highest BCUT2D eigenvalue weighted by Gasteiger charge is 2.19. The lowest BCUT2D eigenvalue weighted by atomic mass is 10.1. The number of carbonyl (C=O) groups is 1. The second-order valence-electron chi connectivity index (χ2n) is 7.93. The first-order valence-electron chi connectivity index (χ1n) is 10.5. The molecular weight excluding hydrogens is 470 g/mol. The molecule has 0 bridgehead atoms. The normalized spacial score (nSPS) is 11.2. The monoisotopic (exact) mass is 489 g/mol. The number of aryl methyl sites for hydroxylation is 2. The van der Waals surface area contributed by atoms with Crippen LogP contribution in [0.2, 0.25) is 5.02 Å². The van der Waals surface area contributed by atoms with Gasteiger partial charge in [0.15, 0.2) is 5.69 Å². The lowest BCUT2D eigenvalue weighted by molar-refractivity contribution is 0.100. The Morgan fingerprint density at radius 1 is 1.06 bits per heavy atom. The lowest BCUT2D eigenvalue weighted by Crippen LogP contribution is -2.29. The molecule has 3 aromatic heterocycles. The summed E-state index contributed by atoms with van der Waals surface area (Å²) in [5.41, 5.74) is 7.23. The van der Waals surface area contributed by atoms with Crippen LogP contribution in [0, 0.1) is 13.8 Å². The van der Waals surface area contributed by atoms with Crippen molar-refractivity contribution < 1.29 is 4.79 Å². The fourth-order valence-electron chi connectivity index (χ4n) is 3.97. The zero-order valence-corrected chi connectivity index (χ0v) is 20.2. The number of nitrogens with zero attached hydrogens (tertiary/aromatic N) is 4. The number of amides is 1. The molecule has 34 heavy (non-hydrogen) atoms. The summed E-state index contributed by atoms with van der Waals surface area (Å²) < 4.78 is 2.91. The van der Waals surface area contributed by atoms with Crippen LogP contribution in [0.3, 0.4) is 0 Å². The summed E-state index contributed by atoms with van der Waals surface area (Å²) in [5, 5.41) is 8.70. The quantitative estimate of drug-likeness (QED) is 0.377. The molecule has 7 nitrogen and oxygen atoms in total. The molecular formula is C25H20ClN5O2S. The number of hydrogen-bond acceptors (Lipinski definition) is 5. The highest BCUT2D eigenvalue weighted by Crippen LogP contribution is 2.32. The van der Waals surface area contributed by atoms with Crippen LogP contribution in [-0.2, 0) is 7.05 Å². The van der Waals surface area contributed by atoms with Gasteiger partial charge in [0.05, 0.1) is 11.1 Å². The minimum Gasteiger partial charge on any atom is -0.267 e. The average Bonchev–Trinajstić information content (AvgIpc) is 3.42. The van der Waals surface area contributed by atoms with Crippen LogP contribution in [0.15, 0.2) is 64.8 Å². The Hall–Kier alpha value is -3.75. The molecule has 0 aliphatic carbocycles. The van der Waals surface area contributed by atoms with Crippen LogP contribution < -0.4 is 11.0 Å².